The first-order valence-electron chi connectivity index (χ1n) is 3.30. The smallest absolute Gasteiger partial charge is 0.306 e. The van der Waals surface area contributed by atoms with E-state index in [-0.39, 0.29) is 5.82 Å². The fourth-order valence-corrected chi connectivity index (χ4v) is 0.814. The molecule has 0 aromatic carbocycles. The molecule has 0 aliphatic carbocycles. The Morgan fingerprint density at radius 1 is 1.62 bits per heavy atom. The molecule has 0 fully saturated rings. The number of carbonyl (C=O) groups is 1. The Balaban J connectivity index is 2.69. The lowest BCUT2D eigenvalue weighted by Crippen LogP contribution is -2.20. The summed E-state index contributed by atoms with van der Waals surface area (Å²) in [5, 5.41) is 2.22. The predicted octanol–water partition coefficient (Wildman–Crippen LogP) is 1.94. The van der Waals surface area contributed by atoms with Crippen molar-refractivity contribution >= 4 is 23.3 Å². The minimum atomic E-state index is -3.05. The molecule has 0 saturated carbocycles. The molecule has 0 aliphatic rings. The van der Waals surface area contributed by atoms with E-state index in [0.717, 1.165) is 0 Å². The van der Waals surface area contributed by atoms with Gasteiger partial charge in [0.1, 0.15) is 5.82 Å². The number of rotatable bonds is 2. The van der Waals surface area contributed by atoms with E-state index in [9.17, 15) is 13.6 Å². The van der Waals surface area contributed by atoms with Crippen molar-refractivity contribution in [3.8, 4) is 0 Å². The summed E-state index contributed by atoms with van der Waals surface area (Å²) in [6.07, 6.45) is -1.75. The number of pyridine rings is 1. The quantitative estimate of drug-likeness (QED) is 0.804. The molecule has 0 radical (unpaired) electrons. The van der Waals surface area contributed by atoms with Crippen LogP contribution in [-0.2, 0) is 4.79 Å². The molecule has 6 heteroatoms. The second-order valence-corrected chi connectivity index (χ2v) is 2.59. The van der Waals surface area contributed by atoms with Crippen LogP contribution in [0.2, 0.25) is 5.02 Å². The highest BCUT2D eigenvalue weighted by molar-refractivity contribution is 6.30. The van der Waals surface area contributed by atoms with Crippen molar-refractivity contribution in [2.75, 3.05) is 5.32 Å². The molecule has 0 unspecified atom stereocenters. The van der Waals surface area contributed by atoms with Crippen molar-refractivity contribution in [2.45, 2.75) is 6.43 Å². The van der Waals surface area contributed by atoms with Crippen molar-refractivity contribution in [1.82, 2.24) is 4.98 Å². The third kappa shape index (κ3) is 2.95. The molecule has 0 atom stereocenters. The van der Waals surface area contributed by atoms with E-state index >= 15 is 0 Å². The summed E-state index contributed by atoms with van der Waals surface area (Å²) in [7, 11) is 0. The third-order valence-corrected chi connectivity index (χ3v) is 1.41. The van der Waals surface area contributed by atoms with Gasteiger partial charge in [-0.25, -0.2) is 4.98 Å². The lowest BCUT2D eigenvalue weighted by atomic mass is 10.4. The second-order valence-electron chi connectivity index (χ2n) is 2.15. The number of alkyl halides is 2. The summed E-state index contributed by atoms with van der Waals surface area (Å²) in [6, 6.07) is 2.75. The number of anilines is 1. The van der Waals surface area contributed by atoms with Crippen LogP contribution >= 0.6 is 11.6 Å². The van der Waals surface area contributed by atoms with Crippen molar-refractivity contribution in [3.63, 3.8) is 0 Å². The van der Waals surface area contributed by atoms with Gasteiger partial charge < -0.3 is 5.32 Å². The molecule has 70 valence electrons. The van der Waals surface area contributed by atoms with Gasteiger partial charge in [-0.15, -0.1) is 0 Å². The molecule has 1 aromatic rings. The highest BCUT2D eigenvalue weighted by Gasteiger charge is 2.15. The predicted molar refractivity (Wildman–Crippen MR) is 43.9 cm³/mol. The maximum absolute atomic E-state index is 11.7. The fourth-order valence-electron chi connectivity index (χ4n) is 0.654. The number of halogens is 3. The molecule has 1 amide bonds. The third-order valence-electron chi connectivity index (χ3n) is 1.17. The van der Waals surface area contributed by atoms with Gasteiger partial charge in [0, 0.05) is 11.2 Å². The second kappa shape index (κ2) is 4.13. The molecular formula is C7H5ClF2N2O. The van der Waals surface area contributed by atoms with Crippen molar-refractivity contribution in [1.29, 1.82) is 0 Å². The van der Waals surface area contributed by atoms with Gasteiger partial charge in [-0.3, -0.25) is 4.79 Å². The van der Waals surface area contributed by atoms with E-state index in [4.69, 9.17) is 11.6 Å². The molecule has 0 bridgehead atoms. The van der Waals surface area contributed by atoms with E-state index < -0.39 is 12.3 Å². The average Bonchev–Trinajstić information content (AvgIpc) is 2.04. The first-order chi connectivity index (χ1) is 6.09. The minimum absolute atomic E-state index is 0.0119. The molecule has 0 aliphatic heterocycles. The van der Waals surface area contributed by atoms with E-state index in [2.05, 4.69) is 4.98 Å². The van der Waals surface area contributed by atoms with Crippen LogP contribution in [0.3, 0.4) is 0 Å². The van der Waals surface area contributed by atoms with Crippen LogP contribution < -0.4 is 5.32 Å². The number of amides is 1. The van der Waals surface area contributed by atoms with Gasteiger partial charge in [0.15, 0.2) is 0 Å². The maximum atomic E-state index is 11.7. The Morgan fingerprint density at radius 2 is 2.31 bits per heavy atom. The lowest BCUT2D eigenvalue weighted by molar-refractivity contribution is -0.126. The van der Waals surface area contributed by atoms with Crippen LogP contribution in [0.5, 0.6) is 0 Å². The maximum Gasteiger partial charge on any atom is 0.315 e. The van der Waals surface area contributed by atoms with E-state index in [1.54, 1.807) is 0 Å². The minimum Gasteiger partial charge on any atom is -0.306 e. The average molecular weight is 207 g/mol. The van der Waals surface area contributed by atoms with Crippen LogP contribution in [0.4, 0.5) is 14.6 Å². The van der Waals surface area contributed by atoms with E-state index in [1.165, 1.54) is 18.3 Å². The van der Waals surface area contributed by atoms with Gasteiger partial charge in [0.05, 0.1) is 0 Å². The normalized spacial score (nSPS) is 10.2. The van der Waals surface area contributed by atoms with Gasteiger partial charge in [-0.1, -0.05) is 11.6 Å². The Labute approximate surface area is 77.7 Å². The Kier molecular flexibility index (Phi) is 3.13. The Hall–Kier alpha value is -1.23. The largest absolute Gasteiger partial charge is 0.315 e. The molecule has 0 saturated heterocycles. The number of nitrogens with zero attached hydrogens (tertiary/aromatic N) is 1. The van der Waals surface area contributed by atoms with Gasteiger partial charge >= 0.3 is 6.43 Å². The number of nitrogens with one attached hydrogen (secondary N) is 1. The Morgan fingerprint density at radius 3 is 2.85 bits per heavy atom. The summed E-state index contributed by atoms with van der Waals surface area (Å²) < 4.78 is 23.5. The summed E-state index contributed by atoms with van der Waals surface area (Å²) in [4.78, 5) is 14.1. The number of carbonyl (C=O) groups excluding carboxylic acids is 1. The van der Waals surface area contributed by atoms with Crippen molar-refractivity contribution < 1.29 is 13.6 Å². The molecule has 1 aromatic heterocycles. The highest BCUT2D eigenvalue weighted by atomic mass is 35.5. The van der Waals surface area contributed by atoms with Crippen LogP contribution in [0, 0.1) is 0 Å². The van der Waals surface area contributed by atoms with Gasteiger partial charge in [-0.05, 0) is 12.1 Å². The molecule has 13 heavy (non-hydrogen) atoms. The molecule has 1 rings (SSSR count). The number of hydrogen-bond acceptors (Lipinski definition) is 2. The van der Waals surface area contributed by atoms with Crippen LogP contribution in [0.15, 0.2) is 18.3 Å². The van der Waals surface area contributed by atoms with Crippen LogP contribution in [0.1, 0.15) is 0 Å². The summed E-state index contributed by atoms with van der Waals surface area (Å²) >= 11 is 5.53. The molecule has 1 N–H and O–H groups in total. The standard InChI is InChI=1S/C7H5ClF2N2O/c8-4-1-2-11-5(3-4)12-7(13)6(9)10/h1-3,6H,(H,11,12,13). The number of hydrogen-bond donors (Lipinski definition) is 1. The first kappa shape index (κ1) is 9.85. The summed E-state index contributed by atoms with van der Waals surface area (Å²) in [5.41, 5.74) is 0. The van der Waals surface area contributed by atoms with Crippen LogP contribution in [-0.4, -0.2) is 17.3 Å². The first-order valence-corrected chi connectivity index (χ1v) is 3.68. The number of aromatic nitrogens is 1. The summed E-state index contributed by atoms with van der Waals surface area (Å²) in [5.74, 6) is -1.38. The lowest BCUT2D eigenvalue weighted by Gasteiger charge is -2.02. The molecule has 3 nitrogen and oxygen atoms in total. The molecule has 0 spiro atoms. The van der Waals surface area contributed by atoms with E-state index in [0.29, 0.717) is 5.02 Å². The Bertz CT molecular complexity index is 319. The zero-order chi connectivity index (χ0) is 9.84. The molecule has 1 heterocycles. The fraction of sp³-hybridized carbons (Fsp3) is 0.143. The molecular weight excluding hydrogens is 202 g/mol. The van der Waals surface area contributed by atoms with Crippen molar-refractivity contribution in [3.05, 3.63) is 23.4 Å². The zero-order valence-corrected chi connectivity index (χ0v) is 7.05. The topological polar surface area (TPSA) is 42.0 Å². The SMILES string of the molecule is O=C(Nc1cc(Cl)ccn1)C(F)F. The van der Waals surface area contributed by atoms with Gasteiger partial charge in [-0.2, -0.15) is 8.78 Å². The van der Waals surface area contributed by atoms with Crippen LogP contribution in [0.25, 0.3) is 0 Å². The summed E-state index contributed by atoms with van der Waals surface area (Å²) in [6.45, 7) is 0. The van der Waals surface area contributed by atoms with Gasteiger partial charge in [0.25, 0.3) is 5.91 Å². The monoisotopic (exact) mass is 206 g/mol. The highest BCUT2D eigenvalue weighted by Crippen LogP contribution is 2.12. The van der Waals surface area contributed by atoms with Crippen molar-refractivity contribution in [2.24, 2.45) is 0 Å². The van der Waals surface area contributed by atoms with Gasteiger partial charge in [0.2, 0.25) is 0 Å². The zero-order valence-electron chi connectivity index (χ0n) is 6.30. The van der Waals surface area contributed by atoms with E-state index in [1.807, 2.05) is 5.32 Å².